The first-order valence-electron chi connectivity index (χ1n) is 23.1. The van der Waals surface area contributed by atoms with Gasteiger partial charge in [0.2, 0.25) is 0 Å². The number of aromatic nitrogens is 1. The molecular formula is C63H42N4S. The Kier molecular flexibility index (Phi) is 9.73. The van der Waals surface area contributed by atoms with Gasteiger partial charge in [-0.25, -0.2) is 9.98 Å². The molecule has 5 heteroatoms. The van der Waals surface area contributed by atoms with Gasteiger partial charge in [0.1, 0.15) is 12.0 Å². The Hall–Kier alpha value is -8.64. The van der Waals surface area contributed by atoms with Crippen molar-refractivity contribution in [1.82, 2.24) is 9.88 Å². The quantitative estimate of drug-likeness (QED) is 0.162. The number of amidine groups is 2. The van der Waals surface area contributed by atoms with Gasteiger partial charge >= 0.3 is 0 Å². The van der Waals surface area contributed by atoms with Gasteiger partial charge in [-0.1, -0.05) is 206 Å². The number of benzene rings is 10. The predicted molar refractivity (Wildman–Crippen MR) is 287 cm³/mol. The predicted octanol–water partition coefficient (Wildman–Crippen LogP) is 16.3. The minimum absolute atomic E-state index is 0.351. The zero-order valence-corrected chi connectivity index (χ0v) is 37.7. The largest absolute Gasteiger partial charge is 0.344 e. The lowest BCUT2D eigenvalue weighted by molar-refractivity contribution is 0.674. The van der Waals surface area contributed by atoms with Crippen LogP contribution in [0.25, 0.3) is 92.2 Å². The van der Waals surface area contributed by atoms with E-state index in [2.05, 4.69) is 246 Å². The number of aliphatic imine (C=N–C) groups is 2. The number of rotatable bonds is 8. The van der Waals surface area contributed by atoms with Gasteiger partial charge in [0.05, 0.1) is 15.7 Å². The molecule has 0 spiro atoms. The van der Waals surface area contributed by atoms with Crippen LogP contribution in [-0.4, -0.2) is 16.2 Å². The molecule has 0 radical (unpaired) electrons. The standard InChI is InChI=1S/C63H42N4S/c1-6-19-41(20-7-1)48-35-33-45(39-54(48)42-21-8-2-9-22-42)46-34-36-49(55(40-46)63-65-61(43-23-10-3-11-24-43)64-62(66-63)44-25-12-4-13-26-44)51-30-18-32-57-58(51)53-38-37-52-50-29-16-17-31-56(50)67(59(52)60(53)68-57)47-27-14-5-15-28-47/h1-40,61H,(H,64,65,66). The molecule has 0 saturated carbocycles. The van der Waals surface area contributed by atoms with E-state index in [-0.39, 0.29) is 6.17 Å². The molecule has 0 fully saturated rings. The van der Waals surface area contributed by atoms with Crippen molar-refractivity contribution in [2.75, 3.05) is 0 Å². The number of hydrogen-bond acceptors (Lipinski definition) is 4. The van der Waals surface area contributed by atoms with Crippen LogP contribution >= 0.6 is 11.3 Å². The van der Waals surface area contributed by atoms with Gasteiger partial charge in [-0.3, -0.25) is 0 Å². The second-order valence-electron chi connectivity index (χ2n) is 17.3. The molecule has 10 aromatic carbocycles. The first-order chi connectivity index (χ1) is 33.7. The SMILES string of the molecule is c1ccc(C2=NC(c3cc(-c4ccc(-c5ccccc5)c(-c5ccccc5)c4)ccc3-c3cccc4sc5c(ccc6c7ccccc7n(-c7ccccc7)c65)c34)=NC(c3ccccc3)N2)cc1. The van der Waals surface area contributed by atoms with E-state index in [1.807, 2.05) is 17.4 Å². The van der Waals surface area contributed by atoms with E-state index in [4.69, 9.17) is 9.98 Å². The monoisotopic (exact) mass is 886 g/mol. The van der Waals surface area contributed by atoms with E-state index in [1.54, 1.807) is 0 Å². The first-order valence-corrected chi connectivity index (χ1v) is 23.9. The van der Waals surface area contributed by atoms with Crippen LogP contribution < -0.4 is 5.32 Å². The summed E-state index contributed by atoms with van der Waals surface area (Å²) in [6.07, 6.45) is -0.351. The van der Waals surface area contributed by atoms with E-state index >= 15 is 0 Å². The number of fused-ring (bicyclic) bond motifs is 7. The van der Waals surface area contributed by atoms with Crippen LogP contribution in [0.4, 0.5) is 0 Å². The molecule has 13 rings (SSSR count). The highest BCUT2D eigenvalue weighted by molar-refractivity contribution is 7.26. The third-order valence-electron chi connectivity index (χ3n) is 13.3. The number of thiophene rings is 1. The summed E-state index contributed by atoms with van der Waals surface area (Å²) in [7, 11) is 0. The number of nitrogens with one attached hydrogen (secondary N) is 1. The van der Waals surface area contributed by atoms with Gasteiger partial charge in [0.25, 0.3) is 0 Å². The van der Waals surface area contributed by atoms with Crippen molar-refractivity contribution < 1.29 is 0 Å². The maximum atomic E-state index is 5.50. The molecule has 1 atom stereocenters. The van der Waals surface area contributed by atoms with Crippen molar-refractivity contribution in [2.45, 2.75) is 6.17 Å². The van der Waals surface area contributed by atoms with E-state index < -0.39 is 0 Å². The normalized spacial score (nSPS) is 13.7. The average Bonchev–Trinajstić information content (AvgIpc) is 3.98. The lowest BCUT2D eigenvalue weighted by Crippen LogP contribution is -2.33. The molecule has 3 heterocycles. The van der Waals surface area contributed by atoms with E-state index in [1.165, 1.54) is 64.2 Å². The number of para-hydroxylation sites is 2. The summed E-state index contributed by atoms with van der Waals surface area (Å²) >= 11 is 1.87. The summed E-state index contributed by atoms with van der Waals surface area (Å²) in [4.78, 5) is 10.9. The Balaban J connectivity index is 1.07. The Labute approximate surface area is 398 Å². The third-order valence-corrected chi connectivity index (χ3v) is 14.5. The minimum Gasteiger partial charge on any atom is -0.344 e. The van der Waals surface area contributed by atoms with Gasteiger partial charge in [-0.05, 0) is 86.5 Å². The number of hydrogen-bond donors (Lipinski definition) is 1. The highest BCUT2D eigenvalue weighted by Crippen LogP contribution is 2.47. The molecule has 0 amide bonds. The Morgan fingerprint density at radius 2 is 1.00 bits per heavy atom. The summed E-state index contributed by atoms with van der Waals surface area (Å²) in [5.74, 6) is 1.47. The molecule has 0 bridgehead atoms. The van der Waals surface area contributed by atoms with Crippen LogP contribution in [0.2, 0.25) is 0 Å². The van der Waals surface area contributed by atoms with Gasteiger partial charge in [-0.15, -0.1) is 11.3 Å². The van der Waals surface area contributed by atoms with Crippen LogP contribution in [0, 0.1) is 0 Å². The van der Waals surface area contributed by atoms with Crippen LogP contribution in [0.15, 0.2) is 253 Å². The fraction of sp³-hybridized carbons (Fsp3) is 0.0159. The van der Waals surface area contributed by atoms with Crippen molar-refractivity contribution >= 4 is 65.0 Å². The Morgan fingerprint density at radius 1 is 0.412 bits per heavy atom. The third kappa shape index (κ3) is 6.83. The van der Waals surface area contributed by atoms with E-state index in [0.717, 1.165) is 50.5 Å². The minimum atomic E-state index is -0.351. The fourth-order valence-electron chi connectivity index (χ4n) is 10.1. The van der Waals surface area contributed by atoms with Gasteiger partial charge in [-0.2, -0.15) is 0 Å². The summed E-state index contributed by atoms with van der Waals surface area (Å²) < 4.78 is 4.95. The fourth-order valence-corrected chi connectivity index (χ4v) is 11.4. The average molecular weight is 887 g/mol. The second kappa shape index (κ2) is 16.7. The highest BCUT2D eigenvalue weighted by atomic mass is 32.1. The van der Waals surface area contributed by atoms with Crippen LogP contribution in [0.3, 0.4) is 0 Å². The molecule has 0 aliphatic carbocycles. The molecule has 1 unspecified atom stereocenters. The molecule has 0 saturated heterocycles. The summed E-state index contributed by atoms with van der Waals surface area (Å²) in [6, 6.07) is 87.0. The van der Waals surface area contributed by atoms with Gasteiger partial charge in [0.15, 0.2) is 5.84 Å². The lowest BCUT2D eigenvalue weighted by atomic mass is 9.88. The topological polar surface area (TPSA) is 41.7 Å². The van der Waals surface area contributed by atoms with Crippen molar-refractivity contribution in [3.8, 4) is 50.2 Å². The van der Waals surface area contributed by atoms with E-state index in [0.29, 0.717) is 5.84 Å². The van der Waals surface area contributed by atoms with Crippen molar-refractivity contribution in [3.05, 3.63) is 259 Å². The molecule has 4 nitrogen and oxygen atoms in total. The smallest absolute Gasteiger partial charge is 0.160 e. The van der Waals surface area contributed by atoms with Crippen molar-refractivity contribution in [1.29, 1.82) is 0 Å². The van der Waals surface area contributed by atoms with E-state index in [9.17, 15) is 0 Å². The number of nitrogens with zero attached hydrogens (tertiary/aromatic N) is 3. The molecule has 1 aliphatic heterocycles. The van der Waals surface area contributed by atoms with Crippen LogP contribution in [-0.2, 0) is 0 Å². The van der Waals surface area contributed by atoms with Crippen molar-refractivity contribution in [2.24, 2.45) is 9.98 Å². The molecule has 320 valence electrons. The lowest BCUT2D eigenvalue weighted by Gasteiger charge is -2.25. The highest BCUT2D eigenvalue weighted by Gasteiger charge is 2.26. The van der Waals surface area contributed by atoms with Gasteiger partial charge in [0, 0.05) is 43.1 Å². The zero-order valence-electron chi connectivity index (χ0n) is 36.9. The Bertz CT molecular complexity index is 3910. The maximum Gasteiger partial charge on any atom is 0.160 e. The summed E-state index contributed by atoms with van der Waals surface area (Å²) in [6.45, 7) is 0. The summed E-state index contributed by atoms with van der Waals surface area (Å²) in [5, 5.41) is 8.66. The first kappa shape index (κ1) is 39.7. The molecule has 2 aromatic heterocycles. The zero-order chi connectivity index (χ0) is 45.0. The van der Waals surface area contributed by atoms with Crippen molar-refractivity contribution in [3.63, 3.8) is 0 Å². The Morgan fingerprint density at radius 3 is 1.72 bits per heavy atom. The molecule has 68 heavy (non-hydrogen) atoms. The second-order valence-corrected chi connectivity index (χ2v) is 18.3. The molecule has 1 aliphatic rings. The summed E-state index contributed by atoms with van der Waals surface area (Å²) in [5.41, 5.74) is 15.8. The molecule has 1 N–H and O–H groups in total. The molecular weight excluding hydrogens is 845 g/mol. The maximum absolute atomic E-state index is 5.50. The molecule has 12 aromatic rings. The van der Waals surface area contributed by atoms with Crippen LogP contribution in [0.5, 0.6) is 0 Å². The van der Waals surface area contributed by atoms with Crippen LogP contribution in [0.1, 0.15) is 22.9 Å². The van der Waals surface area contributed by atoms with Gasteiger partial charge < -0.3 is 9.88 Å².